The Kier molecular flexibility index (Phi) is 14.0. The predicted molar refractivity (Wildman–Crippen MR) is 266 cm³/mol. The van der Waals surface area contributed by atoms with E-state index in [4.69, 9.17) is 14.0 Å². The van der Waals surface area contributed by atoms with Crippen molar-refractivity contribution in [2.75, 3.05) is 51.8 Å². The Morgan fingerprint density at radius 2 is 1.75 bits per heavy atom. The van der Waals surface area contributed by atoms with E-state index in [1.807, 2.05) is 13.8 Å². The van der Waals surface area contributed by atoms with Gasteiger partial charge in [-0.2, -0.15) is 15.1 Å². The smallest absolute Gasteiger partial charge is 0.407 e. The van der Waals surface area contributed by atoms with Crippen LogP contribution in [0.2, 0.25) is 0 Å². The van der Waals surface area contributed by atoms with E-state index < -0.39 is 64.5 Å². The average molecular weight is 1020 g/mol. The number of fused-ring (bicyclic) bond motifs is 5. The lowest BCUT2D eigenvalue weighted by Crippen LogP contribution is -2.54. The molecule has 1 N–H and O–H groups in total. The molecular formula is C51H48F4N10O7S. The molecule has 4 aromatic heterocycles. The fraction of sp³-hybridized carbons (Fsp3) is 0.294. The van der Waals surface area contributed by atoms with Crippen molar-refractivity contribution in [3.63, 3.8) is 0 Å². The molecule has 0 spiro atoms. The number of rotatable bonds is 12. The van der Waals surface area contributed by atoms with Crippen LogP contribution in [0.25, 0.3) is 38.6 Å². The van der Waals surface area contributed by atoms with Gasteiger partial charge in [0.15, 0.2) is 17.0 Å². The largest absolute Gasteiger partial charge is 0.454 e. The number of nitrogens with zero attached hydrogens (tertiary/aromatic N) is 9. The van der Waals surface area contributed by atoms with Crippen molar-refractivity contribution in [2.45, 2.75) is 50.4 Å². The highest BCUT2D eigenvalue weighted by atomic mass is 32.2. The number of hydrazone groups is 1. The van der Waals surface area contributed by atoms with Crippen LogP contribution in [0.1, 0.15) is 56.4 Å². The van der Waals surface area contributed by atoms with E-state index in [1.165, 1.54) is 60.0 Å². The summed E-state index contributed by atoms with van der Waals surface area (Å²) < 4.78 is 74.3. The van der Waals surface area contributed by atoms with E-state index in [2.05, 4.69) is 31.9 Å². The van der Waals surface area contributed by atoms with Crippen molar-refractivity contribution >= 4 is 79.3 Å². The minimum Gasteiger partial charge on any atom is -0.454 e. The van der Waals surface area contributed by atoms with Gasteiger partial charge in [-0.05, 0) is 67.6 Å². The lowest BCUT2D eigenvalue weighted by Gasteiger charge is -2.41. The molecule has 2 bridgehead atoms. The molecule has 0 aliphatic carbocycles. The summed E-state index contributed by atoms with van der Waals surface area (Å²) in [5.41, 5.74) is 0.172. The number of urea groups is 1. The third-order valence-electron chi connectivity index (χ3n) is 12.7. The van der Waals surface area contributed by atoms with Crippen molar-refractivity contribution < 1.29 is 45.9 Å². The highest BCUT2D eigenvalue weighted by Gasteiger charge is 2.50. The summed E-state index contributed by atoms with van der Waals surface area (Å²) in [6.45, 7) is 9.40. The number of carbonyl (C=O) groups is 3. The number of halogens is 4. The molecule has 22 heteroatoms. The molecule has 17 nitrogen and oxygen atoms in total. The van der Waals surface area contributed by atoms with Gasteiger partial charge in [0.1, 0.15) is 56.4 Å². The maximum atomic E-state index is 16.3. The van der Waals surface area contributed by atoms with E-state index in [0.29, 0.717) is 11.3 Å². The van der Waals surface area contributed by atoms with Crippen LogP contribution in [-0.2, 0) is 19.2 Å². The molecule has 73 heavy (non-hydrogen) atoms. The molecule has 6 heterocycles. The number of amides is 4. The van der Waals surface area contributed by atoms with E-state index in [0.717, 1.165) is 40.0 Å². The van der Waals surface area contributed by atoms with Crippen molar-refractivity contribution in [3.05, 3.63) is 148 Å². The van der Waals surface area contributed by atoms with Crippen molar-refractivity contribution in [1.82, 2.24) is 39.6 Å². The maximum absolute atomic E-state index is 16.3. The van der Waals surface area contributed by atoms with Crippen LogP contribution in [0.15, 0.2) is 112 Å². The lowest BCUT2D eigenvalue weighted by molar-refractivity contribution is -0.128. The number of carbonyl (C=O) groups excluding carboxylic acids is 3. The fourth-order valence-electron chi connectivity index (χ4n) is 9.04. The summed E-state index contributed by atoms with van der Waals surface area (Å²) in [5, 5.41) is 9.24. The zero-order valence-electron chi connectivity index (χ0n) is 40.2. The molecule has 7 aromatic rings. The Morgan fingerprint density at radius 1 is 0.973 bits per heavy atom. The number of ether oxygens (including phenoxy) is 1. The first-order valence-corrected chi connectivity index (χ1v) is 24.0. The fourth-order valence-corrected chi connectivity index (χ4v) is 10.5. The molecular weight excluding hydrogens is 973 g/mol. The van der Waals surface area contributed by atoms with E-state index >= 15 is 13.2 Å². The molecule has 3 aromatic carbocycles. The molecule has 378 valence electrons. The van der Waals surface area contributed by atoms with Gasteiger partial charge in [0, 0.05) is 62.7 Å². The summed E-state index contributed by atoms with van der Waals surface area (Å²) in [6, 6.07) is 17.4. The second-order valence-electron chi connectivity index (χ2n) is 17.7. The standard InChI is InChI=1S/C51H48F4N10O7S/c1-28(2)41-43-39(18-21-56-41)72-38-15-10-14-36(54)40(38)42-37(55)25-34-44(59-48(67)64(43)45(34)58-42)63-23-22-62(26-30(63)4)47(66)29(3)27-71-49(68)57-20-11-19-51(31-12-8-7-9-13-31)65(50(69)61(5)70-6)60-46(73-51)33-24-32(52)16-17-35(33)53/h7-10,12-18,21,24-25,28,30H,3,11,19-20,22-23,26-27H2,1-2,4-6H3,(H,57,68)/t30-,51-/m0/s1. The molecule has 2 aliphatic rings. The van der Waals surface area contributed by atoms with Crippen molar-refractivity contribution in [2.24, 2.45) is 5.10 Å². The summed E-state index contributed by atoms with van der Waals surface area (Å²) in [6.07, 6.45) is 1.06. The molecule has 9 rings (SSSR count). The number of hydrogen-bond donors (Lipinski definition) is 1. The number of nitrogens with one attached hydrogen (secondary N) is 1. The van der Waals surface area contributed by atoms with Gasteiger partial charge in [0.2, 0.25) is 0 Å². The minimum absolute atomic E-state index is 0.00224. The molecule has 4 amide bonds. The van der Waals surface area contributed by atoms with E-state index in [1.54, 1.807) is 42.2 Å². The molecule has 1 saturated heterocycles. The van der Waals surface area contributed by atoms with Gasteiger partial charge in [0.05, 0.1) is 23.6 Å². The number of alkyl carbamates (subject to hydrolysis) is 1. The highest BCUT2D eigenvalue weighted by Crippen LogP contribution is 2.51. The zero-order chi connectivity index (χ0) is 51.9. The predicted octanol–water partition coefficient (Wildman–Crippen LogP) is 8.76. The lowest BCUT2D eigenvalue weighted by atomic mass is 10.0. The molecule has 0 unspecified atom stereocenters. The number of pyridine rings is 2. The Hall–Kier alpha value is -7.85. The Morgan fingerprint density at radius 3 is 2.49 bits per heavy atom. The number of aromatic nitrogens is 4. The summed E-state index contributed by atoms with van der Waals surface area (Å²) in [7, 11) is 2.68. The number of thioether (sulfide) groups is 1. The second kappa shape index (κ2) is 20.3. The van der Waals surface area contributed by atoms with Crippen LogP contribution in [0.4, 0.5) is 33.0 Å². The monoisotopic (exact) mass is 1020 g/mol. The number of hydroxylamine groups is 2. The average Bonchev–Trinajstić information content (AvgIpc) is 3.79. The van der Waals surface area contributed by atoms with Crippen LogP contribution < -0.4 is 15.9 Å². The van der Waals surface area contributed by atoms with Crippen LogP contribution in [0.3, 0.4) is 0 Å². The SMILES string of the molecule is C=C(COC(=O)NCCC[C@@]1(c2ccccc2)SC(c2cc(F)ccc2F)=NN1C(=O)N(C)OC)C(=O)N1CCN(c2nc(=O)n3c4nc(c(F)cc24)c2c(F)cccc2oc2ccnc(C(C)C)c23)[C@@H](C)C1. The number of hydrogen-bond acceptors (Lipinski definition) is 13. The van der Waals surface area contributed by atoms with Crippen molar-refractivity contribution in [1.29, 1.82) is 0 Å². The maximum Gasteiger partial charge on any atom is 0.407 e. The Bertz CT molecular complexity index is 3490. The topological polar surface area (TPSA) is 180 Å². The molecule has 2 atom stereocenters. The first kappa shape index (κ1) is 50.1. The third kappa shape index (κ3) is 9.42. The van der Waals surface area contributed by atoms with Crippen molar-refractivity contribution in [3.8, 4) is 0 Å². The quantitative estimate of drug-likeness (QED) is 0.0533. The third-order valence-corrected chi connectivity index (χ3v) is 14.1. The van der Waals surface area contributed by atoms with Crippen LogP contribution in [-0.4, -0.2) is 110 Å². The number of anilines is 1. The number of piperazine rings is 1. The van der Waals surface area contributed by atoms with Crippen LogP contribution in [0, 0.1) is 23.3 Å². The summed E-state index contributed by atoms with van der Waals surface area (Å²) in [5.74, 6) is -3.70. The summed E-state index contributed by atoms with van der Waals surface area (Å²) >= 11 is 1.06. The van der Waals surface area contributed by atoms with Crippen LogP contribution >= 0.6 is 11.8 Å². The van der Waals surface area contributed by atoms with Gasteiger partial charge in [-0.25, -0.2) is 46.4 Å². The van der Waals surface area contributed by atoms with E-state index in [-0.39, 0.29) is 106 Å². The highest BCUT2D eigenvalue weighted by molar-refractivity contribution is 8.15. The first-order chi connectivity index (χ1) is 35.0. The minimum atomic E-state index is -1.29. The molecule has 0 saturated carbocycles. The molecule has 0 radical (unpaired) electrons. The summed E-state index contributed by atoms with van der Waals surface area (Å²) in [4.78, 5) is 75.7. The van der Waals surface area contributed by atoms with Gasteiger partial charge in [-0.15, -0.1) is 0 Å². The van der Waals surface area contributed by atoms with Gasteiger partial charge in [-0.1, -0.05) is 68.6 Å². The Labute approximate surface area is 418 Å². The van der Waals surface area contributed by atoms with Gasteiger partial charge in [-0.3, -0.25) is 14.6 Å². The first-order valence-electron chi connectivity index (χ1n) is 23.2. The number of benzene rings is 3. The van der Waals surface area contributed by atoms with E-state index in [9.17, 15) is 23.6 Å². The van der Waals surface area contributed by atoms with Gasteiger partial charge < -0.3 is 24.3 Å². The second-order valence-corrected chi connectivity index (χ2v) is 19.0. The van der Waals surface area contributed by atoms with Gasteiger partial charge in [0.25, 0.3) is 5.91 Å². The zero-order valence-corrected chi connectivity index (χ0v) is 41.0. The molecule has 1 fully saturated rings. The molecule has 2 aliphatic heterocycles. The van der Waals surface area contributed by atoms with Gasteiger partial charge >= 0.3 is 17.8 Å². The van der Waals surface area contributed by atoms with Crippen LogP contribution in [0.5, 0.6) is 0 Å². The Balaban J connectivity index is 0.883. The normalized spacial score (nSPS) is 16.9.